The molecular weight excluding hydrogens is 233 g/mol. The largest absolute Gasteiger partial charge is 0.389 e. The molecule has 0 aliphatic carbocycles. The minimum absolute atomic E-state index is 0.00962. The fourth-order valence-corrected chi connectivity index (χ4v) is 1.30. The number of anilines is 1. The molecule has 0 aliphatic rings. The molecule has 0 aromatic heterocycles. The number of alkyl halides is 3. The fraction of sp³-hybridized carbons (Fsp3) is 0.364. The highest BCUT2D eigenvalue weighted by Crippen LogP contribution is 2.21. The van der Waals surface area contributed by atoms with Crippen molar-refractivity contribution < 1.29 is 18.0 Å². The summed E-state index contributed by atoms with van der Waals surface area (Å²) in [4.78, 5) is 10.9. The number of nitrogens with two attached hydrogens (primary N) is 1. The van der Waals surface area contributed by atoms with Crippen molar-refractivity contribution in [2.24, 2.45) is 5.73 Å². The lowest BCUT2D eigenvalue weighted by atomic mass is 10.2. The summed E-state index contributed by atoms with van der Waals surface area (Å²) in [5.74, 6) is -0.566. The van der Waals surface area contributed by atoms with Crippen molar-refractivity contribution in [1.29, 1.82) is 0 Å². The number of halogens is 3. The number of nitrogens with one attached hydrogen (secondary N) is 1. The van der Waals surface area contributed by atoms with E-state index in [2.05, 4.69) is 5.32 Å². The van der Waals surface area contributed by atoms with E-state index in [0.29, 0.717) is 11.3 Å². The van der Waals surface area contributed by atoms with E-state index in [-0.39, 0.29) is 13.0 Å². The minimum Gasteiger partial charge on any atom is -0.385 e. The molecule has 17 heavy (non-hydrogen) atoms. The Morgan fingerprint density at radius 2 is 2.06 bits per heavy atom. The molecule has 1 rings (SSSR count). The normalized spacial score (nSPS) is 11.2. The molecule has 1 amide bonds. The Balaban J connectivity index is 2.42. The number of hydrogen-bond acceptors (Lipinski definition) is 2. The summed E-state index contributed by atoms with van der Waals surface area (Å²) in [6, 6.07) is 6.34. The Kier molecular flexibility index (Phi) is 4.37. The molecule has 0 spiro atoms. The average Bonchev–Trinajstić information content (AvgIpc) is 2.23. The Labute approximate surface area is 96.8 Å². The topological polar surface area (TPSA) is 55.1 Å². The highest BCUT2D eigenvalue weighted by atomic mass is 19.4. The molecule has 0 bridgehead atoms. The van der Waals surface area contributed by atoms with Crippen molar-refractivity contribution in [2.75, 3.05) is 11.9 Å². The van der Waals surface area contributed by atoms with Gasteiger partial charge in [0.05, 0.1) is 0 Å². The first kappa shape index (κ1) is 13.3. The maximum absolute atomic E-state index is 11.9. The van der Waals surface area contributed by atoms with Gasteiger partial charge in [0.2, 0.25) is 5.91 Å². The molecule has 0 aliphatic heterocycles. The molecule has 6 heteroatoms. The quantitative estimate of drug-likeness (QED) is 0.784. The van der Waals surface area contributed by atoms with Gasteiger partial charge in [-0.1, -0.05) is 6.07 Å². The molecule has 0 heterocycles. The molecule has 0 radical (unpaired) electrons. The predicted octanol–water partition coefficient (Wildman–Crippen LogP) is 2.54. The van der Waals surface area contributed by atoms with E-state index in [1.165, 1.54) is 6.07 Å². The Morgan fingerprint density at radius 1 is 1.35 bits per heavy atom. The van der Waals surface area contributed by atoms with Gasteiger partial charge in [0.15, 0.2) is 0 Å². The lowest BCUT2D eigenvalue weighted by Gasteiger charge is -2.08. The molecule has 1 aromatic carbocycles. The number of carbonyl (C=O) groups is 1. The summed E-state index contributed by atoms with van der Waals surface area (Å²) in [5, 5.41) is 2.80. The molecule has 0 unspecified atom stereocenters. The van der Waals surface area contributed by atoms with Crippen LogP contribution in [0.25, 0.3) is 0 Å². The van der Waals surface area contributed by atoms with Gasteiger partial charge in [-0.25, -0.2) is 0 Å². The number of carbonyl (C=O) groups excluding carboxylic acids is 1. The molecule has 3 nitrogen and oxygen atoms in total. The molecule has 3 N–H and O–H groups in total. The Hall–Kier alpha value is -1.72. The third kappa shape index (κ3) is 5.24. The van der Waals surface area contributed by atoms with Gasteiger partial charge in [-0.15, -0.1) is 0 Å². The van der Waals surface area contributed by atoms with Crippen LogP contribution in [0.15, 0.2) is 24.3 Å². The van der Waals surface area contributed by atoms with Gasteiger partial charge in [-0.3, -0.25) is 4.79 Å². The lowest BCUT2D eigenvalue weighted by Crippen LogP contribution is -2.12. The molecule has 0 fully saturated rings. The summed E-state index contributed by atoms with van der Waals surface area (Å²) >= 11 is 0. The van der Waals surface area contributed by atoms with E-state index in [9.17, 15) is 18.0 Å². The van der Waals surface area contributed by atoms with Crippen molar-refractivity contribution >= 4 is 11.6 Å². The molecule has 0 saturated heterocycles. The van der Waals surface area contributed by atoms with Crippen LogP contribution in [0.4, 0.5) is 18.9 Å². The van der Waals surface area contributed by atoms with E-state index >= 15 is 0 Å². The second kappa shape index (κ2) is 5.56. The van der Waals surface area contributed by atoms with Gasteiger partial charge in [-0.2, -0.15) is 13.2 Å². The highest BCUT2D eigenvalue weighted by Gasteiger charge is 2.25. The number of rotatable bonds is 5. The van der Waals surface area contributed by atoms with Gasteiger partial charge >= 0.3 is 6.18 Å². The summed E-state index contributed by atoms with van der Waals surface area (Å²) < 4.78 is 35.6. The summed E-state index contributed by atoms with van der Waals surface area (Å²) in [7, 11) is 0. The van der Waals surface area contributed by atoms with Crippen LogP contribution in [0, 0.1) is 0 Å². The van der Waals surface area contributed by atoms with Crippen molar-refractivity contribution in [3.63, 3.8) is 0 Å². The van der Waals surface area contributed by atoms with E-state index in [1.54, 1.807) is 18.2 Å². The number of benzene rings is 1. The molecular formula is C11H13F3N2O. The maximum Gasteiger partial charge on any atom is 0.389 e. The predicted molar refractivity (Wildman–Crippen MR) is 58.7 cm³/mol. The molecule has 0 saturated carbocycles. The molecule has 1 aromatic rings. The van der Waals surface area contributed by atoms with Crippen LogP contribution < -0.4 is 11.1 Å². The average molecular weight is 246 g/mol. The maximum atomic E-state index is 11.9. The number of hydrogen-bond donors (Lipinski definition) is 2. The van der Waals surface area contributed by atoms with Gasteiger partial charge < -0.3 is 11.1 Å². The third-order valence-electron chi connectivity index (χ3n) is 2.11. The zero-order valence-electron chi connectivity index (χ0n) is 9.05. The van der Waals surface area contributed by atoms with Crippen LogP contribution in [0.5, 0.6) is 0 Å². The van der Waals surface area contributed by atoms with Gasteiger partial charge in [0.25, 0.3) is 0 Å². The SMILES string of the molecule is NC(=O)c1cccc(NCCCC(F)(F)F)c1. The Morgan fingerprint density at radius 3 is 2.65 bits per heavy atom. The fourth-order valence-electron chi connectivity index (χ4n) is 1.30. The third-order valence-corrected chi connectivity index (χ3v) is 2.11. The van der Waals surface area contributed by atoms with Gasteiger partial charge in [0.1, 0.15) is 0 Å². The number of primary amides is 1. The summed E-state index contributed by atoms with van der Waals surface area (Å²) in [6.45, 7) is 0.196. The van der Waals surface area contributed by atoms with Crippen molar-refractivity contribution in [2.45, 2.75) is 19.0 Å². The zero-order valence-corrected chi connectivity index (χ0v) is 9.05. The van der Waals surface area contributed by atoms with Crippen LogP contribution in [0.2, 0.25) is 0 Å². The monoisotopic (exact) mass is 246 g/mol. The second-order valence-electron chi connectivity index (χ2n) is 3.59. The van der Waals surface area contributed by atoms with Crippen LogP contribution in [-0.4, -0.2) is 18.6 Å². The Bertz CT molecular complexity index is 391. The van der Waals surface area contributed by atoms with Crippen LogP contribution >= 0.6 is 0 Å². The standard InChI is InChI=1S/C11H13F3N2O/c12-11(13,14)5-2-6-16-9-4-1-3-8(7-9)10(15)17/h1,3-4,7,16H,2,5-6H2,(H2,15,17). The van der Waals surface area contributed by atoms with Crippen LogP contribution in [0.1, 0.15) is 23.2 Å². The first-order valence-electron chi connectivity index (χ1n) is 5.09. The van der Waals surface area contributed by atoms with Gasteiger partial charge in [-0.05, 0) is 24.6 Å². The van der Waals surface area contributed by atoms with E-state index in [4.69, 9.17) is 5.73 Å². The van der Waals surface area contributed by atoms with E-state index < -0.39 is 18.5 Å². The van der Waals surface area contributed by atoms with E-state index in [1.807, 2.05) is 0 Å². The zero-order chi connectivity index (χ0) is 12.9. The van der Waals surface area contributed by atoms with Crippen LogP contribution in [0.3, 0.4) is 0 Å². The molecule has 94 valence electrons. The summed E-state index contributed by atoms with van der Waals surface area (Å²) in [6.07, 6.45) is -4.96. The van der Waals surface area contributed by atoms with Crippen molar-refractivity contribution in [3.8, 4) is 0 Å². The summed E-state index contributed by atoms with van der Waals surface area (Å²) in [5.41, 5.74) is 5.99. The minimum atomic E-state index is -4.13. The molecule has 0 atom stereocenters. The van der Waals surface area contributed by atoms with Crippen molar-refractivity contribution in [3.05, 3.63) is 29.8 Å². The number of amides is 1. The van der Waals surface area contributed by atoms with Gasteiger partial charge in [0, 0.05) is 24.2 Å². The second-order valence-corrected chi connectivity index (χ2v) is 3.59. The highest BCUT2D eigenvalue weighted by molar-refractivity contribution is 5.93. The first-order valence-corrected chi connectivity index (χ1v) is 5.09. The smallest absolute Gasteiger partial charge is 0.385 e. The first-order chi connectivity index (χ1) is 7.88. The van der Waals surface area contributed by atoms with Crippen LogP contribution in [-0.2, 0) is 0 Å². The van der Waals surface area contributed by atoms with E-state index in [0.717, 1.165) is 0 Å². The van der Waals surface area contributed by atoms with Crippen molar-refractivity contribution in [1.82, 2.24) is 0 Å². The lowest BCUT2D eigenvalue weighted by molar-refractivity contribution is -0.134.